The lowest BCUT2D eigenvalue weighted by Gasteiger charge is -2.09. The van der Waals surface area contributed by atoms with Crippen LogP contribution in [-0.2, 0) is 38.9 Å². The fourth-order valence-corrected chi connectivity index (χ4v) is 11.2. The summed E-state index contributed by atoms with van der Waals surface area (Å²) < 4.78 is 15.5. The van der Waals surface area contributed by atoms with Gasteiger partial charge in [-0.3, -0.25) is 43.9 Å². The van der Waals surface area contributed by atoms with Gasteiger partial charge in [-0.15, -0.1) is 12.4 Å². The van der Waals surface area contributed by atoms with E-state index in [1.54, 1.807) is 91.6 Å². The number of carboxylic acids is 1. The number of aryl methyl sites for hydroxylation is 3. The van der Waals surface area contributed by atoms with E-state index in [4.69, 9.17) is 99.0 Å². The monoisotopic (exact) mass is 1460 g/mol. The van der Waals surface area contributed by atoms with E-state index in [0.717, 1.165) is 78.0 Å². The Hall–Kier alpha value is -9.48. The zero-order valence-electron chi connectivity index (χ0n) is 53.1. The zero-order chi connectivity index (χ0) is 69.9. The highest BCUT2D eigenvalue weighted by Gasteiger charge is 2.15. The smallest absolute Gasteiger partial charge is 0.335 e. The van der Waals surface area contributed by atoms with Crippen molar-refractivity contribution in [1.29, 1.82) is 0 Å². The van der Waals surface area contributed by atoms with Gasteiger partial charge >= 0.3 is 5.97 Å². The predicted octanol–water partition coefficient (Wildman–Crippen LogP) is 15.8. The van der Waals surface area contributed by atoms with E-state index >= 15 is 0 Å². The van der Waals surface area contributed by atoms with E-state index in [-0.39, 0.29) is 37.2 Å². The lowest BCUT2D eigenvalue weighted by Crippen LogP contribution is -2.23. The number of rotatable bonds is 14. The molecule has 11 N–H and O–H groups in total. The molecule has 0 unspecified atom stereocenters. The molecule has 0 radical (unpaired) electrons. The molecule has 19 nitrogen and oxygen atoms in total. The number of carboxylic acid groups (broad SMARTS) is 1. The molecular formula is C71H67Cl7FN15O4. The molecule has 27 heteroatoms. The number of nitrogens with zero attached hydrogens (tertiary/aromatic N) is 9. The maximum absolute atomic E-state index is 12.6. The average molecular weight is 1460 g/mol. The van der Waals surface area contributed by atoms with Gasteiger partial charge < -0.3 is 38.7 Å². The number of fused-ring (bicyclic) bond motifs is 3. The highest BCUT2D eigenvalue weighted by molar-refractivity contribution is 6.37. The zero-order valence-corrected chi connectivity index (χ0v) is 57.5. The number of anilines is 3. The molecule has 0 spiro atoms. The maximum Gasteiger partial charge on any atom is 0.335 e. The molecule has 0 saturated heterocycles. The van der Waals surface area contributed by atoms with Crippen molar-refractivity contribution >= 4 is 150 Å². The SMILES string of the molecule is C.Cc1nc(N)ccc1CN.Cc1nc(N)ccc1CNC(=O)c1ccnc(Cc2cc(Cl)c3ncc(Cl)cc3c2)c1.Cc1nc(N)ccc1CNC(=O)c1ccnc(Cc2cc(Cl)c3ncc(Cl)cc3c2)c1.Cl.O=C(O)c1ccnc(Cc2cc(Cl)c3ncc(Cl)cc3c2)c1.[2H]CF. The third kappa shape index (κ3) is 21.8. The average Bonchev–Trinajstić information content (AvgIpc) is 0.826. The number of benzene rings is 3. The van der Waals surface area contributed by atoms with Gasteiger partial charge in [-0.1, -0.05) is 95.2 Å². The number of halogens is 8. The largest absolute Gasteiger partial charge is 0.478 e. The molecule has 506 valence electrons. The summed E-state index contributed by atoms with van der Waals surface area (Å²) in [6.07, 6.45) is 10.9. The van der Waals surface area contributed by atoms with E-state index in [1.807, 2.05) is 81.4 Å². The summed E-state index contributed by atoms with van der Waals surface area (Å²) in [4.78, 5) is 74.5. The summed E-state index contributed by atoms with van der Waals surface area (Å²) in [6, 6.07) is 37.6. The Bertz CT molecular complexity index is 4650. The number of carbonyl (C=O) groups excluding carboxylic acids is 2. The molecule has 0 aliphatic heterocycles. The van der Waals surface area contributed by atoms with Crippen molar-refractivity contribution in [3.8, 4) is 0 Å². The minimum absolute atomic E-state index is 0. The predicted molar refractivity (Wildman–Crippen MR) is 395 cm³/mol. The van der Waals surface area contributed by atoms with Crippen molar-refractivity contribution in [3.63, 3.8) is 0 Å². The Morgan fingerprint density at radius 1 is 0.469 bits per heavy atom. The molecular weight excluding hydrogens is 1390 g/mol. The number of amides is 2. The Morgan fingerprint density at radius 2 is 0.776 bits per heavy atom. The highest BCUT2D eigenvalue weighted by Crippen LogP contribution is 2.30. The number of aromatic nitrogens is 9. The van der Waals surface area contributed by atoms with Crippen LogP contribution >= 0.6 is 82.0 Å². The second-order valence-corrected chi connectivity index (χ2v) is 23.9. The first-order chi connectivity index (χ1) is 46.4. The van der Waals surface area contributed by atoms with Gasteiger partial charge in [0.2, 0.25) is 0 Å². The molecule has 12 aromatic rings. The van der Waals surface area contributed by atoms with Crippen molar-refractivity contribution in [3.05, 3.63) is 279 Å². The standard InChI is InChI=1S/2C23H19Cl2N5O.C16H10Cl2N2O2.C7H11N3.CH3F.CH4.ClH/c2*1-13-16(2-3-21(26)30-13)11-29-23(31)15-4-5-27-19(10-15)7-14-6-17-9-18(24)12-28-22(17)20(25)8-14;17-12-6-11-3-9(5-14(18)15(11)20-8-12)4-13-7-10(16(21)22)1-2-19-13;1-5-6(4-8)2-3-7(9)10-5;1-2;;/h2*2-6,8-10,12H,7,11H2,1H3,(H2,26,30)(H,29,31);1-3,5-8H,4H2,(H,21,22);2-3H,4,8H2,1H3,(H2,9,10);1H3;1H4;1H/i;;;;1D;;. The minimum atomic E-state index is -1.00. The molecule has 0 aliphatic carbocycles. The topological polar surface area (TPSA) is 316 Å². The van der Waals surface area contributed by atoms with E-state index in [2.05, 4.69) is 55.5 Å². The number of alkyl halides is 1. The van der Waals surface area contributed by atoms with Crippen LogP contribution in [0.4, 0.5) is 21.8 Å². The van der Waals surface area contributed by atoms with Crippen LogP contribution < -0.4 is 33.6 Å². The van der Waals surface area contributed by atoms with Crippen molar-refractivity contribution < 1.29 is 25.3 Å². The summed E-state index contributed by atoms with van der Waals surface area (Å²) in [5.41, 5.74) is 35.9. The van der Waals surface area contributed by atoms with Crippen molar-refractivity contribution in [2.45, 2.75) is 67.1 Å². The molecule has 9 heterocycles. The van der Waals surface area contributed by atoms with Gasteiger partial charge in [0, 0.05) is 138 Å². The Labute approximate surface area is 602 Å². The highest BCUT2D eigenvalue weighted by atomic mass is 35.5. The third-order valence-electron chi connectivity index (χ3n) is 14.4. The Morgan fingerprint density at radius 3 is 1.08 bits per heavy atom. The second kappa shape index (κ2) is 36.7. The van der Waals surface area contributed by atoms with Gasteiger partial charge in [0.1, 0.15) is 17.5 Å². The van der Waals surface area contributed by atoms with Crippen molar-refractivity contribution in [2.24, 2.45) is 5.73 Å². The molecule has 2 amide bonds. The van der Waals surface area contributed by atoms with Crippen LogP contribution in [0.3, 0.4) is 0 Å². The van der Waals surface area contributed by atoms with Crippen LogP contribution in [0.25, 0.3) is 32.7 Å². The first kappa shape index (κ1) is 75.9. The van der Waals surface area contributed by atoms with Crippen LogP contribution in [0.1, 0.15) is 107 Å². The quantitative estimate of drug-likeness (QED) is 0.0532. The van der Waals surface area contributed by atoms with E-state index in [0.29, 0.717) is 120 Å². The fraction of sp³-hybridized carbons (Fsp3) is 0.155. The van der Waals surface area contributed by atoms with Crippen LogP contribution in [0.15, 0.2) is 165 Å². The molecule has 0 aliphatic rings. The number of pyridine rings is 9. The number of nitrogens with one attached hydrogen (secondary N) is 2. The number of hydrogen-bond acceptors (Lipinski definition) is 16. The van der Waals surface area contributed by atoms with E-state index < -0.39 is 13.1 Å². The summed E-state index contributed by atoms with van der Waals surface area (Å²) in [5, 5.41) is 20.6. The summed E-state index contributed by atoms with van der Waals surface area (Å²) in [6.45, 7) is 6.88. The second-order valence-electron chi connectivity index (χ2n) is 21.4. The van der Waals surface area contributed by atoms with Gasteiger partial charge in [-0.2, -0.15) is 0 Å². The van der Waals surface area contributed by atoms with Crippen LogP contribution in [0.5, 0.6) is 0 Å². The molecule has 0 fully saturated rings. The number of hydrogen-bond donors (Lipinski definition) is 7. The number of aromatic carboxylic acids is 1. The van der Waals surface area contributed by atoms with Crippen LogP contribution in [0.2, 0.25) is 30.1 Å². The molecule has 3 aromatic carbocycles. The first-order valence-corrected chi connectivity index (χ1v) is 31.3. The van der Waals surface area contributed by atoms with Gasteiger partial charge in [0.15, 0.2) is 0 Å². The van der Waals surface area contributed by atoms with Crippen LogP contribution in [-0.4, -0.2) is 74.9 Å². The number of carbonyl (C=O) groups is 3. The number of nitrogens with two attached hydrogens (primary N) is 4. The summed E-state index contributed by atoms with van der Waals surface area (Å²) in [7, 11) is -1.00. The molecule has 98 heavy (non-hydrogen) atoms. The van der Waals surface area contributed by atoms with Crippen LogP contribution in [0, 0.1) is 20.8 Å². The van der Waals surface area contributed by atoms with E-state index in [1.165, 1.54) is 12.3 Å². The molecule has 0 atom stereocenters. The molecule has 0 saturated carbocycles. The normalized spacial score (nSPS) is 10.5. The van der Waals surface area contributed by atoms with Crippen molar-refractivity contribution in [1.82, 2.24) is 55.5 Å². The summed E-state index contributed by atoms with van der Waals surface area (Å²) in [5.74, 6) is 0.113. The Balaban J connectivity index is 0.000000215. The minimum Gasteiger partial charge on any atom is -0.478 e. The first-order valence-electron chi connectivity index (χ1n) is 29.7. The van der Waals surface area contributed by atoms with Gasteiger partial charge in [-0.25, -0.2) is 19.7 Å². The maximum atomic E-state index is 12.6. The number of nitrogen functional groups attached to an aromatic ring is 3. The summed E-state index contributed by atoms with van der Waals surface area (Å²) >= 11 is 37.1. The molecule has 12 rings (SSSR count). The van der Waals surface area contributed by atoms with Gasteiger partial charge in [0.05, 0.1) is 60.8 Å². The van der Waals surface area contributed by atoms with Gasteiger partial charge in [-0.05, 0) is 163 Å². The third-order valence-corrected chi connectivity index (χ3v) is 15.9. The lowest BCUT2D eigenvalue weighted by atomic mass is 10.0. The van der Waals surface area contributed by atoms with E-state index in [9.17, 15) is 18.8 Å². The molecule has 0 bridgehead atoms. The fourth-order valence-electron chi connectivity index (χ4n) is 9.76. The lowest BCUT2D eigenvalue weighted by molar-refractivity contribution is 0.0696. The van der Waals surface area contributed by atoms with Crippen molar-refractivity contribution in [2.75, 3.05) is 24.4 Å². The van der Waals surface area contributed by atoms with Gasteiger partial charge in [0.25, 0.3) is 11.8 Å². The molecule has 9 aromatic heterocycles. The Kier molecular flexibility index (Phi) is 28.5.